The number of pyridine rings is 1. The summed E-state index contributed by atoms with van der Waals surface area (Å²) in [5.74, 6) is -1.70. The van der Waals surface area contributed by atoms with Gasteiger partial charge in [0.05, 0.1) is 12.1 Å². The highest BCUT2D eigenvalue weighted by atomic mass is 19.1. The minimum absolute atomic E-state index is 0.341. The van der Waals surface area contributed by atoms with Crippen molar-refractivity contribution in [1.29, 1.82) is 0 Å². The van der Waals surface area contributed by atoms with E-state index in [0.29, 0.717) is 18.4 Å². The molecule has 0 aliphatic carbocycles. The Hall–Kier alpha value is -1.45. The lowest BCUT2D eigenvalue weighted by molar-refractivity contribution is -0.141. The van der Waals surface area contributed by atoms with Crippen LogP contribution in [-0.2, 0) is 11.2 Å². The van der Waals surface area contributed by atoms with Crippen LogP contribution in [-0.4, -0.2) is 16.1 Å². The number of aromatic nitrogens is 1. The Balaban J connectivity index is 2.69. The number of halogens is 1. The number of carboxylic acids is 1. The molecule has 1 aromatic heterocycles. The predicted octanol–water partition coefficient (Wildman–Crippen LogP) is 2.26. The van der Waals surface area contributed by atoms with E-state index in [1.54, 1.807) is 0 Å². The maximum absolute atomic E-state index is 12.8. The van der Waals surface area contributed by atoms with Gasteiger partial charge in [-0.1, -0.05) is 13.3 Å². The summed E-state index contributed by atoms with van der Waals surface area (Å²) in [7, 11) is 0. The summed E-state index contributed by atoms with van der Waals surface area (Å²) in [5.41, 5.74) is 0.635. The molecule has 82 valence electrons. The van der Waals surface area contributed by atoms with Crippen molar-refractivity contribution < 1.29 is 14.3 Å². The molecule has 3 nitrogen and oxygen atoms in total. The molecule has 0 radical (unpaired) electrons. The third kappa shape index (κ3) is 3.65. The van der Waals surface area contributed by atoms with Crippen LogP contribution in [0.2, 0.25) is 0 Å². The molecule has 0 fully saturated rings. The number of carboxylic acid groups (broad SMARTS) is 1. The second kappa shape index (κ2) is 5.44. The van der Waals surface area contributed by atoms with Crippen LogP contribution in [0.4, 0.5) is 4.39 Å². The predicted molar refractivity (Wildman–Crippen MR) is 53.9 cm³/mol. The molecule has 0 aliphatic rings. The van der Waals surface area contributed by atoms with Gasteiger partial charge in [-0.15, -0.1) is 0 Å². The molecule has 0 amide bonds. The molecule has 1 N–H and O–H groups in total. The summed E-state index contributed by atoms with van der Waals surface area (Å²) in [6, 6.07) is 1.33. The Labute approximate surface area is 88.0 Å². The van der Waals surface area contributed by atoms with Crippen LogP contribution < -0.4 is 0 Å². The molecule has 0 saturated heterocycles. The summed E-state index contributed by atoms with van der Waals surface area (Å²) in [4.78, 5) is 14.6. The van der Waals surface area contributed by atoms with Crippen LogP contribution in [0, 0.1) is 11.7 Å². The topological polar surface area (TPSA) is 50.2 Å². The molecule has 1 heterocycles. The highest BCUT2D eigenvalue weighted by Gasteiger charge is 2.17. The maximum atomic E-state index is 12.8. The summed E-state index contributed by atoms with van der Waals surface area (Å²) in [6.07, 6.45) is 4.37. The molecule has 1 rings (SSSR count). The molecular formula is C11H14FNO2. The first-order valence-electron chi connectivity index (χ1n) is 4.95. The van der Waals surface area contributed by atoms with E-state index in [2.05, 4.69) is 4.98 Å². The summed E-state index contributed by atoms with van der Waals surface area (Å²) in [5, 5.41) is 8.92. The number of carbonyl (C=O) groups is 1. The van der Waals surface area contributed by atoms with Crippen molar-refractivity contribution in [3.05, 3.63) is 29.8 Å². The highest BCUT2D eigenvalue weighted by Crippen LogP contribution is 2.14. The molecule has 0 aliphatic heterocycles. The Bertz CT molecular complexity index is 341. The third-order valence-electron chi connectivity index (χ3n) is 2.23. The van der Waals surface area contributed by atoms with E-state index in [-0.39, 0.29) is 0 Å². The molecule has 15 heavy (non-hydrogen) atoms. The van der Waals surface area contributed by atoms with Crippen molar-refractivity contribution in [1.82, 2.24) is 4.98 Å². The molecule has 1 unspecified atom stereocenters. The lowest BCUT2D eigenvalue weighted by Gasteiger charge is -2.10. The largest absolute Gasteiger partial charge is 0.481 e. The van der Waals surface area contributed by atoms with Crippen molar-refractivity contribution in [2.75, 3.05) is 0 Å². The number of hydrogen-bond donors (Lipinski definition) is 1. The molecule has 1 aromatic rings. The van der Waals surface area contributed by atoms with Crippen molar-refractivity contribution >= 4 is 5.97 Å². The lowest BCUT2D eigenvalue weighted by atomic mass is 9.96. The Morgan fingerprint density at radius 3 is 2.87 bits per heavy atom. The van der Waals surface area contributed by atoms with Gasteiger partial charge in [-0.25, -0.2) is 4.39 Å². The summed E-state index contributed by atoms with van der Waals surface area (Å²) in [6.45, 7) is 1.93. The highest BCUT2D eigenvalue weighted by molar-refractivity contribution is 5.70. The Kier molecular flexibility index (Phi) is 4.21. The minimum atomic E-state index is -0.832. The molecule has 0 spiro atoms. The summed E-state index contributed by atoms with van der Waals surface area (Å²) >= 11 is 0. The van der Waals surface area contributed by atoms with Crippen molar-refractivity contribution in [3.63, 3.8) is 0 Å². The van der Waals surface area contributed by atoms with Crippen LogP contribution in [0.1, 0.15) is 25.3 Å². The average Bonchev–Trinajstić information content (AvgIpc) is 2.17. The van der Waals surface area contributed by atoms with E-state index in [9.17, 15) is 9.18 Å². The van der Waals surface area contributed by atoms with Gasteiger partial charge in [-0.05, 0) is 24.5 Å². The van der Waals surface area contributed by atoms with Gasteiger partial charge in [0, 0.05) is 6.20 Å². The van der Waals surface area contributed by atoms with Crippen LogP contribution >= 0.6 is 0 Å². The quantitative estimate of drug-likeness (QED) is 0.812. The van der Waals surface area contributed by atoms with E-state index >= 15 is 0 Å². The SMILES string of the molecule is CCCC(Cc1cncc(F)c1)C(=O)O. The monoisotopic (exact) mass is 211 g/mol. The van der Waals surface area contributed by atoms with Gasteiger partial charge in [-0.3, -0.25) is 9.78 Å². The first-order chi connectivity index (χ1) is 7.13. The van der Waals surface area contributed by atoms with E-state index in [1.807, 2.05) is 6.92 Å². The van der Waals surface area contributed by atoms with E-state index in [0.717, 1.165) is 12.6 Å². The van der Waals surface area contributed by atoms with Gasteiger partial charge in [0.25, 0.3) is 0 Å². The van der Waals surface area contributed by atoms with Gasteiger partial charge < -0.3 is 5.11 Å². The standard InChI is InChI=1S/C11H14FNO2/c1-2-3-9(11(14)15)4-8-5-10(12)7-13-6-8/h5-7,9H,2-4H2,1H3,(H,14,15). The van der Waals surface area contributed by atoms with Crippen LogP contribution in [0.15, 0.2) is 18.5 Å². The number of aliphatic carboxylic acids is 1. The molecule has 0 aromatic carbocycles. The second-order valence-electron chi connectivity index (χ2n) is 3.54. The normalized spacial score (nSPS) is 12.4. The van der Waals surface area contributed by atoms with Crippen LogP contribution in [0.3, 0.4) is 0 Å². The Morgan fingerprint density at radius 1 is 1.60 bits per heavy atom. The van der Waals surface area contributed by atoms with Gasteiger partial charge in [0.2, 0.25) is 0 Å². The number of hydrogen-bond acceptors (Lipinski definition) is 2. The number of nitrogens with zero attached hydrogens (tertiary/aromatic N) is 1. The summed E-state index contributed by atoms with van der Waals surface area (Å²) < 4.78 is 12.8. The van der Waals surface area contributed by atoms with E-state index < -0.39 is 17.7 Å². The Morgan fingerprint density at radius 2 is 2.33 bits per heavy atom. The minimum Gasteiger partial charge on any atom is -0.481 e. The molecule has 1 atom stereocenters. The smallest absolute Gasteiger partial charge is 0.306 e. The fourth-order valence-electron chi connectivity index (χ4n) is 1.51. The molecule has 4 heteroatoms. The fraction of sp³-hybridized carbons (Fsp3) is 0.455. The van der Waals surface area contributed by atoms with Crippen molar-refractivity contribution in [3.8, 4) is 0 Å². The lowest BCUT2D eigenvalue weighted by Crippen LogP contribution is -2.16. The maximum Gasteiger partial charge on any atom is 0.306 e. The second-order valence-corrected chi connectivity index (χ2v) is 3.54. The van der Waals surface area contributed by atoms with E-state index in [4.69, 9.17) is 5.11 Å². The first-order valence-corrected chi connectivity index (χ1v) is 4.95. The van der Waals surface area contributed by atoms with Crippen molar-refractivity contribution in [2.24, 2.45) is 5.92 Å². The van der Waals surface area contributed by atoms with Gasteiger partial charge >= 0.3 is 5.97 Å². The van der Waals surface area contributed by atoms with Gasteiger partial charge in [0.15, 0.2) is 0 Å². The number of rotatable bonds is 5. The van der Waals surface area contributed by atoms with Gasteiger partial charge in [0.1, 0.15) is 5.82 Å². The average molecular weight is 211 g/mol. The zero-order chi connectivity index (χ0) is 11.3. The van der Waals surface area contributed by atoms with Crippen molar-refractivity contribution in [2.45, 2.75) is 26.2 Å². The van der Waals surface area contributed by atoms with Crippen LogP contribution in [0.25, 0.3) is 0 Å². The third-order valence-corrected chi connectivity index (χ3v) is 2.23. The zero-order valence-corrected chi connectivity index (χ0v) is 8.61. The fourth-order valence-corrected chi connectivity index (χ4v) is 1.51. The first kappa shape index (κ1) is 11.6. The molecule has 0 bridgehead atoms. The van der Waals surface area contributed by atoms with Gasteiger partial charge in [-0.2, -0.15) is 0 Å². The van der Waals surface area contributed by atoms with Crippen LogP contribution in [0.5, 0.6) is 0 Å². The molecule has 0 saturated carbocycles. The molecular weight excluding hydrogens is 197 g/mol. The zero-order valence-electron chi connectivity index (χ0n) is 8.61. The van der Waals surface area contributed by atoms with E-state index in [1.165, 1.54) is 12.3 Å².